The number of nitrogens with one attached hydrogen (secondary N) is 1. The van der Waals surface area contributed by atoms with E-state index in [2.05, 4.69) is 36.5 Å². The molecule has 2 aromatic heterocycles. The minimum atomic E-state index is -1.52. The van der Waals surface area contributed by atoms with E-state index in [1.54, 1.807) is 41.6 Å². The van der Waals surface area contributed by atoms with Crippen molar-refractivity contribution in [1.29, 1.82) is 0 Å². The Bertz CT molecular complexity index is 2060. The molecular weight excluding hydrogens is 657 g/mol. The summed E-state index contributed by atoms with van der Waals surface area (Å²) in [4.78, 5) is 48.6. The molecule has 0 bridgehead atoms. The number of para-hydroxylation sites is 1. The van der Waals surface area contributed by atoms with E-state index in [4.69, 9.17) is 4.42 Å². The molecule has 2 aliphatic heterocycles. The fraction of sp³-hybridized carbons (Fsp3) is 0.212. The Hall–Kier alpha value is -5.17. The van der Waals surface area contributed by atoms with Crippen LogP contribution < -0.4 is 10.2 Å². The molecule has 2 fully saturated rings. The number of carbonyl (C=O) groups is 3. The van der Waals surface area contributed by atoms with E-state index in [0.29, 0.717) is 22.9 Å². The van der Waals surface area contributed by atoms with Gasteiger partial charge in [0.2, 0.25) is 17.5 Å². The molecule has 4 heterocycles. The molecule has 0 radical (unpaired) electrons. The molecule has 11 nitrogen and oxygen atoms in total. The van der Waals surface area contributed by atoms with Gasteiger partial charge in [-0.3, -0.25) is 19.3 Å². The molecule has 1 atom stereocenters. The van der Waals surface area contributed by atoms with Crippen LogP contribution in [0.15, 0.2) is 88.0 Å². The smallest absolute Gasteiger partial charge is 0.271 e. The van der Waals surface area contributed by atoms with Crippen LogP contribution in [0.4, 0.5) is 15.8 Å². The molecule has 3 aliphatic rings. The van der Waals surface area contributed by atoms with Crippen LogP contribution >= 0.6 is 15.9 Å². The van der Waals surface area contributed by atoms with Gasteiger partial charge >= 0.3 is 0 Å². The molecule has 3 amide bonds. The number of fused-ring (bicyclic) bond motifs is 3. The highest BCUT2D eigenvalue weighted by molar-refractivity contribution is 9.10. The quantitative estimate of drug-likeness (QED) is 0.236. The SMILES string of the molecule is O=C1CCC2(C(=O)Nc3ccc(F)c(-c4cn(Cc5ncc(-c6cccc(Br)c6)o5)nn4)c3)N1c1ccccc1C(=O)N2C1CC1. The van der Waals surface area contributed by atoms with Crippen molar-refractivity contribution in [3.63, 3.8) is 0 Å². The lowest BCUT2D eigenvalue weighted by Crippen LogP contribution is -2.70. The van der Waals surface area contributed by atoms with Crippen LogP contribution in [0.25, 0.3) is 22.6 Å². The lowest BCUT2D eigenvalue weighted by Gasteiger charge is -2.49. The number of hydrogen-bond acceptors (Lipinski definition) is 7. The Morgan fingerprint density at radius 3 is 2.74 bits per heavy atom. The van der Waals surface area contributed by atoms with E-state index in [0.717, 1.165) is 22.9 Å². The predicted octanol–water partition coefficient (Wildman–Crippen LogP) is 5.63. The molecule has 1 unspecified atom stereocenters. The third-order valence-corrected chi connectivity index (χ3v) is 9.07. The van der Waals surface area contributed by atoms with Gasteiger partial charge < -0.3 is 14.6 Å². The zero-order valence-corrected chi connectivity index (χ0v) is 25.8. The monoisotopic (exact) mass is 681 g/mol. The fourth-order valence-corrected chi connectivity index (χ4v) is 6.77. The molecule has 1 saturated carbocycles. The summed E-state index contributed by atoms with van der Waals surface area (Å²) in [5, 5.41) is 11.2. The standard InChI is InChI=1S/C33H25BrFN7O4/c34-20-5-3-4-19(14-20)28-16-36-29(46-28)18-40-17-26(38-39-40)24-15-21(8-11-25(24)35)37-32(45)33-13-12-30(43)42(33)27-7-2-1-6-23(27)31(44)41(33)22-9-10-22/h1-8,11,14-17,22H,9-10,12-13,18H2,(H,37,45). The first-order valence-electron chi connectivity index (χ1n) is 14.8. The highest BCUT2D eigenvalue weighted by Gasteiger charge is 2.63. The largest absolute Gasteiger partial charge is 0.439 e. The maximum atomic E-state index is 15.1. The van der Waals surface area contributed by atoms with Crippen molar-refractivity contribution in [2.24, 2.45) is 0 Å². The van der Waals surface area contributed by atoms with Crippen molar-refractivity contribution in [3.05, 3.63) is 101 Å². The first-order valence-corrected chi connectivity index (χ1v) is 15.6. The molecule has 5 aromatic rings. The highest BCUT2D eigenvalue weighted by atomic mass is 79.9. The maximum absolute atomic E-state index is 15.1. The number of anilines is 2. The average Bonchev–Trinajstić information content (AvgIpc) is 3.41. The van der Waals surface area contributed by atoms with Crippen LogP contribution in [0.2, 0.25) is 0 Å². The van der Waals surface area contributed by atoms with Crippen molar-refractivity contribution in [2.45, 2.75) is 43.9 Å². The van der Waals surface area contributed by atoms with Crippen LogP contribution in [-0.2, 0) is 16.1 Å². The van der Waals surface area contributed by atoms with Gasteiger partial charge in [-0.1, -0.05) is 45.4 Å². The summed E-state index contributed by atoms with van der Waals surface area (Å²) in [6.45, 7) is 0.165. The molecule has 0 spiro atoms. The van der Waals surface area contributed by atoms with Gasteiger partial charge in [0, 0.05) is 40.2 Å². The van der Waals surface area contributed by atoms with Gasteiger partial charge in [-0.15, -0.1) is 5.10 Å². The summed E-state index contributed by atoms with van der Waals surface area (Å²) < 4.78 is 23.4. The van der Waals surface area contributed by atoms with Gasteiger partial charge in [-0.25, -0.2) is 14.1 Å². The summed E-state index contributed by atoms with van der Waals surface area (Å²) >= 11 is 3.45. The summed E-state index contributed by atoms with van der Waals surface area (Å²) in [7, 11) is 0. The van der Waals surface area contributed by atoms with E-state index in [1.807, 2.05) is 24.3 Å². The van der Waals surface area contributed by atoms with Crippen LogP contribution in [-0.4, -0.2) is 54.3 Å². The van der Waals surface area contributed by atoms with Crippen molar-refractivity contribution >= 4 is 45.0 Å². The lowest BCUT2D eigenvalue weighted by molar-refractivity contribution is -0.129. The number of carbonyl (C=O) groups excluding carboxylic acids is 3. The third kappa shape index (κ3) is 4.61. The van der Waals surface area contributed by atoms with Gasteiger partial charge in [0.05, 0.1) is 23.6 Å². The summed E-state index contributed by atoms with van der Waals surface area (Å²) in [5.41, 5.74) is 0.809. The van der Waals surface area contributed by atoms with Gasteiger partial charge in [-0.05, 0) is 55.3 Å². The minimum absolute atomic E-state index is 0.116. The van der Waals surface area contributed by atoms with Crippen LogP contribution in [0.3, 0.4) is 0 Å². The minimum Gasteiger partial charge on any atom is -0.439 e. The number of halogens is 2. The van der Waals surface area contributed by atoms with Gasteiger partial charge in [-0.2, -0.15) is 0 Å². The summed E-state index contributed by atoms with van der Waals surface area (Å²) in [5.74, 6) is -0.602. The normalized spacial score (nSPS) is 18.9. The van der Waals surface area contributed by atoms with Crippen molar-refractivity contribution in [2.75, 3.05) is 10.2 Å². The van der Waals surface area contributed by atoms with E-state index in [-0.39, 0.29) is 54.2 Å². The van der Waals surface area contributed by atoms with Crippen molar-refractivity contribution in [3.8, 4) is 22.6 Å². The Kier molecular flexibility index (Phi) is 6.60. The molecule has 1 saturated heterocycles. The second-order valence-corrected chi connectivity index (χ2v) is 12.5. The zero-order valence-electron chi connectivity index (χ0n) is 24.2. The highest BCUT2D eigenvalue weighted by Crippen LogP contribution is 2.49. The predicted molar refractivity (Wildman–Crippen MR) is 168 cm³/mol. The number of benzene rings is 3. The summed E-state index contributed by atoms with van der Waals surface area (Å²) in [6, 6.07) is 18.5. The molecule has 1 N–H and O–H groups in total. The summed E-state index contributed by atoms with van der Waals surface area (Å²) in [6.07, 6.45) is 4.96. The second-order valence-electron chi connectivity index (χ2n) is 11.5. The van der Waals surface area contributed by atoms with Crippen molar-refractivity contribution in [1.82, 2.24) is 24.9 Å². The average molecular weight is 683 g/mol. The zero-order chi connectivity index (χ0) is 31.6. The number of rotatable bonds is 7. The van der Waals surface area contributed by atoms with Gasteiger partial charge in [0.15, 0.2) is 5.76 Å². The van der Waals surface area contributed by atoms with Crippen LogP contribution in [0.5, 0.6) is 0 Å². The van der Waals surface area contributed by atoms with E-state index in [9.17, 15) is 14.4 Å². The number of oxazole rings is 1. The number of hydrogen-bond donors (Lipinski definition) is 1. The van der Waals surface area contributed by atoms with E-state index < -0.39 is 17.4 Å². The van der Waals surface area contributed by atoms with Crippen molar-refractivity contribution < 1.29 is 23.2 Å². The number of aromatic nitrogens is 4. The molecular formula is C33H25BrFN7O4. The Morgan fingerprint density at radius 1 is 1.07 bits per heavy atom. The van der Waals surface area contributed by atoms with Crippen LogP contribution in [0, 0.1) is 5.82 Å². The first kappa shape index (κ1) is 28.3. The molecule has 1 aliphatic carbocycles. The third-order valence-electron chi connectivity index (χ3n) is 8.57. The Labute approximate surface area is 270 Å². The topological polar surface area (TPSA) is 126 Å². The number of nitrogens with zero attached hydrogens (tertiary/aromatic N) is 6. The molecule has 8 rings (SSSR count). The maximum Gasteiger partial charge on any atom is 0.271 e. The van der Waals surface area contributed by atoms with E-state index in [1.165, 1.54) is 27.8 Å². The van der Waals surface area contributed by atoms with Gasteiger partial charge in [0.1, 0.15) is 18.1 Å². The molecule has 13 heteroatoms. The second kappa shape index (κ2) is 10.7. The molecule has 46 heavy (non-hydrogen) atoms. The number of amides is 3. The lowest BCUT2D eigenvalue weighted by atomic mass is 9.95. The molecule has 3 aromatic carbocycles. The van der Waals surface area contributed by atoms with Crippen LogP contribution in [0.1, 0.15) is 41.9 Å². The van der Waals surface area contributed by atoms with Gasteiger partial charge in [0.25, 0.3) is 11.8 Å². The van der Waals surface area contributed by atoms with E-state index >= 15 is 4.39 Å². The fourth-order valence-electron chi connectivity index (χ4n) is 6.37. The molecule has 230 valence electrons. The Balaban J connectivity index is 1.06. The Morgan fingerprint density at radius 2 is 1.91 bits per heavy atom. The first-order chi connectivity index (χ1) is 22.3.